The third-order valence-corrected chi connectivity index (χ3v) is 4.41. The quantitative estimate of drug-likeness (QED) is 0.610. The number of para-hydroxylation sites is 1. The number of hydrogen-bond acceptors (Lipinski definition) is 1. The van der Waals surface area contributed by atoms with Gasteiger partial charge in [0.15, 0.2) is 0 Å². The second kappa shape index (κ2) is 5.25. The molecule has 0 bridgehead atoms. The van der Waals surface area contributed by atoms with Crippen LogP contribution in [-0.4, -0.2) is 6.61 Å². The summed E-state index contributed by atoms with van der Waals surface area (Å²) in [6, 6.07) is 23.9. The first-order valence-electron chi connectivity index (χ1n) is 7.59. The average Bonchev–Trinajstić information content (AvgIpc) is 2.76. The second-order valence-corrected chi connectivity index (χ2v) is 5.75. The van der Waals surface area contributed by atoms with Gasteiger partial charge in [-0.2, -0.15) is 0 Å². The molecule has 3 aromatic carbocycles. The molecule has 0 fully saturated rings. The largest absolute Gasteiger partial charge is 0.493 e. The zero-order valence-electron chi connectivity index (χ0n) is 12.0. The SMILES string of the molecule is c1ccc2c(c1)C[C@@H](c1ccc3ccccc3c1)CCO2. The molecule has 1 aliphatic rings. The number of fused-ring (bicyclic) bond motifs is 2. The van der Waals surface area contributed by atoms with Gasteiger partial charge in [0, 0.05) is 0 Å². The maximum absolute atomic E-state index is 5.89. The van der Waals surface area contributed by atoms with Gasteiger partial charge >= 0.3 is 0 Å². The Balaban J connectivity index is 1.71. The van der Waals surface area contributed by atoms with Gasteiger partial charge in [0.1, 0.15) is 5.75 Å². The summed E-state index contributed by atoms with van der Waals surface area (Å²) in [5.74, 6) is 1.60. The highest BCUT2D eigenvalue weighted by Crippen LogP contribution is 2.33. The van der Waals surface area contributed by atoms with E-state index in [1.165, 1.54) is 21.9 Å². The second-order valence-electron chi connectivity index (χ2n) is 5.75. The summed E-state index contributed by atoms with van der Waals surface area (Å²) in [4.78, 5) is 0. The van der Waals surface area contributed by atoms with Gasteiger partial charge in [0.05, 0.1) is 6.61 Å². The van der Waals surface area contributed by atoms with E-state index in [0.29, 0.717) is 5.92 Å². The molecule has 0 saturated carbocycles. The fourth-order valence-electron chi connectivity index (χ4n) is 3.24. The number of benzene rings is 3. The molecule has 1 atom stereocenters. The van der Waals surface area contributed by atoms with Crippen LogP contribution in [0.25, 0.3) is 10.8 Å². The lowest BCUT2D eigenvalue weighted by Crippen LogP contribution is -2.04. The molecule has 0 spiro atoms. The van der Waals surface area contributed by atoms with Crippen molar-refractivity contribution in [3.8, 4) is 5.75 Å². The fraction of sp³-hybridized carbons (Fsp3) is 0.200. The molecule has 1 heteroatoms. The Morgan fingerprint density at radius 2 is 1.62 bits per heavy atom. The predicted octanol–water partition coefficient (Wildman–Crippen LogP) is 4.95. The Hall–Kier alpha value is -2.28. The predicted molar refractivity (Wildman–Crippen MR) is 86.9 cm³/mol. The van der Waals surface area contributed by atoms with Gasteiger partial charge in [0.2, 0.25) is 0 Å². The summed E-state index contributed by atoms with van der Waals surface area (Å²) in [5.41, 5.74) is 2.75. The zero-order valence-corrected chi connectivity index (χ0v) is 12.0. The van der Waals surface area contributed by atoms with Crippen LogP contribution in [0, 0.1) is 0 Å². The lowest BCUT2D eigenvalue weighted by atomic mass is 9.89. The van der Waals surface area contributed by atoms with Crippen LogP contribution in [0.5, 0.6) is 5.75 Å². The lowest BCUT2D eigenvalue weighted by molar-refractivity contribution is 0.310. The van der Waals surface area contributed by atoms with Crippen LogP contribution < -0.4 is 4.74 Å². The summed E-state index contributed by atoms with van der Waals surface area (Å²) >= 11 is 0. The molecule has 0 radical (unpaired) electrons. The number of rotatable bonds is 1. The van der Waals surface area contributed by atoms with Crippen LogP contribution in [0.4, 0.5) is 0 Å². The molecular formula is C20H18O. The monoisotopic (exact) mass is 274 g/mol. The van der Waals surface area contributed by atoms with E-state index in [-0.39, 0.29) is 0 Å². The molecule has 3 aromatic rings. The number of ether oxygens (including phenoxy) is 1. The standard InChI is InChI=1S/C20H18O/c1-2-6-16-13-17(10-9-15(16)5-1)18-11-12-21-20-8-4-3-7-19(20)14-18/h1-10,13,18H,11-12,14H2/t18-/m0/s1. The van der Waals surface area contributed by atoms with Crippen LogP contribution in [0.15, 0.2) is 66.7 Å². The Kier molecular flexibility index (Phi) is 3.11. The lowest BCUT2D eigenvalue weighted by Gasteiger charge is -2.15. The van der Waals surface area contributed by atoms with Gasteiger partial charge in [-0.1, -0.05) is 60.7 Å². The van der Waals surface area contributed by atoms with E-state index >= 15 is 0 Å². The highest BCUT2D eigenvalue weighted by atomic mass is 16.5. The van der Waals surface area contributed by atoms with Gasteiger partial charge in [-0.15, -0.1) is 0 Å². The molecule has 1 nitrogen and oxygen atoms in total. The highest BCUT2D eigenvalue weighted by molar-refractivity contribution is 5.83. The van der Waals surface area contributed by atoms with Crippen LogP contribution >= 0.6 is 0 Å². The van der Waals surface area contributed by atoms with E-state index in [2.05, 4.69) is 66.7 Å². The van der Waals surface area contributed by atoms with Crippen molar-refractivity contribution in [3.05, 3.63) is 77.9 Å². The fourth-order valence-corrected chi connectivity index (χ4v) is 3.24. The van der Waals surface area contributed by atoms with E-state index in [4.69, 9.17) is 4.74 Å². The minimum atomic E-state index is 0.540. The van der Waals surface area contributed by atoms with Crippen molar-refractivity contribution in [3.63, 3.8) is 0 Å². The van der Waals surface area contributed by atoms with Gasteiger partial charge < -0.3 is 4.74 Å². The van der Waals surface area contributed by atoms with Crippen LogP contribution in [-0.2, 0) is 6.42 Å². The van der Waals surface area contributed by atoms with Gasteiger partial charge in [-0.05, 0) is 46.7 Å². The van der Waals surface area contributed by atoms with Crippen molar-refractivity contribution >= 4 is 10.8 Å². The Morgan fingerprint density at radius 1 is 0.810 bits per heavy atom. The minimum Gasteiger partial charge on any atom is -0.493 e. The molecule has 0 aromatic heterocycles. The summed E-state index contributed by atoms with van der Waals surface area (Å²) in [6.07, 6.45) is 2.14. The molecular weight excluding hydrogens is 256 g/mol. The number of hydrogen-bond donors (Lipinski definition) is 0. The molecule has 4 rings (SSSR count). The van der Waals surface area contributed by atoms with Crippen molar-refractivity contribution in [1.82, 2.24) is 0 Å². The maximum atomic E-state index is 5.89. The third-order valence-electron chi connectivity index (χ3n) is 4.41. The molecule has 1 heterocycles. The average molecular weight is 274 g/mol. The van der Waals surface area contributed by atoms with E-state index < -0.39 is 0 Å². The topological polar surface area (TPSA) is 9.23 Å². The van der Waals surface area contributed by atoms with Gasteiger partial charge in [-0.25, -0.2) is 0 Å². The zero-order chi connectivity index (χ0) is 14.1. The van der Waals surface area contributed by atoms with E-state index in [9.17, 15) is 0 Å². The Bertz CT molecular complexity index is 775. The summed E-state index contributed by atoms with van der Waals surface area (Å²) < 4.78 is 5.89. The first-order chi connectivity index (χ1) is 10.4. The summed E-state index contributed by atoms with van der Waals surface area (Å²) in [7, 11) is 0. The molecule has 0 unspecified atom stereocenters. The van der Waals surface area contributed by atoms with E-state index in [1.807, 2.05) is 0 Å². The Morgan fingerprint density at radius 3 is 2.57 bits per heavy atom. The van der Waals surface area contributed by atoms with Gasteiger partial charge in [-0.3, -0.25) is 0 Å². The molecule has 0 saturated heterocycles. The van der Waals surface area contributed by atoms with Crippen LogP contribution in [0.3, 0.4) is 0 Å². The molecule has 1 aliphatic heterocycles. The molecule has 0 aliphatic carbocycles. The summed E-state index contributed by atoms with van der Waals surface area (Å²) in [6.45, 7) is 0.800. The molecule has 21 heavy (non-hydrogen) atoms. The highest BCUT2D eigenvalue weighted by Gasteiger charge is 2.19. The van der Waals surface area contributed by atoms with Crippen molar-refractivity contribution in [2.75, 3.05) is 6.61 Å². The van der Waals surface area contributed by atoms with E-state index in [1.54, 1.807) is 0 Å². The first-order valence-corrected chi connectivity index (χ1v) is 7.59. The van der Waals surface area contributed by atoms with Crippen molar-refractivity contribution in [2.24, 2.45) is 0 Å². The minimum absolute atomic E-state index is 0.540. The normalized spacial score (nSPS) is 17.8. The van der Waals surface area contributed by atoms with Crippen molar-refractivity contribution in [2.45, 2.75) is 18.8 Å². The smallest absolute Gasteiger partial charge is 0.122 e. The van der Waals surface area contributed by atoms with Crippen LogP contribution in [0.1, 0.15) is 23.5 Å². The van der Waals surface area contributed by atoms with Crippen molar-refractivity contribution in [1.29, 1.82) is 0 Å². The van der Waals surface area contributed by atoms with Gasteiger partial charge in [0.25, 0.3) is 0 Å². The summed E-state index contributed by atoms with van der Waals surface area (Å²) in [5, 5.41) is 2.64. The van der Waals surface area contributed by atoms with Crippen molar-refractivity contribution < 1.29 is 4.74 Å². The Labute approximate surface area is 125 Å². The first kappa shape index (κ1) is 12.5. The molecule has 104 valence electrons. The maximum Gasteiger partial charge on any atom is 0.122 e. The molecule has 0 N–H and O–H groups in total. The third kappa shape index (κ3) is 2.40. The van der Waals surface area contributed by atoms with E-state index in [0.717, 1.165) is 25.2 Å². The molecule has 0 amide bonds. The van der Waals surface area contributed by atoms with Crippen LogP contribution in [0.2, 0.25) is 0 Å².